The van der Waals surface area contributed by atoms with Crippen molar-refractivity contribution in [2.45, 2.75) is 70.1 Å². The minimum atomic E-state index is 0.648. The molecule has 4 rings (SSSR count). The summed E-state index contributed by atoms with van der Waals surface area (Å²) in [6, 6.07) is 2.50. The predicted octanol–water partition coefficient (Wildman–Crippen LogP) is 4.09. The highest BCUT2D eigenvalue weighted by Gasteiger charge is 2.30. The summed E-state index contributed by atoms with van der Waals surface area (Å²) in [6.45, 7) is 2.15. The van der Waals surface area contributed by atoms with Crippen molar-refractivity contribution in [3.8, 4) is 6.07 Å². The molecule has 0 radical (unpaired) electrons. The predicted molar refractivity (Wildman–Crippen MR) is 88.3 cm³/mol. The van der Waals surface area contributed by atoms with E-state index in [2.05, 4.69) is 11.0 Å². The van der Waals surface area contributed by atoms with Crippen LogP contribution in [0.4, 0.5) is 5.82 Å². The number of nitrogens with zero attached hydrogens (tertiary/aromatic N) is 3. The Kier molecular flexibility index (Phi) is 3.78. The van der Waals surface area contributed by atoms with Crippen molar-refractivity contribution in [2.24, 2.45) is 0 Å². The van der Waals surface area contributed by atoms with Crippen LogP contribution in [0.2, 0.25) is 0 Å². The zero-order valence-electron chi connectivity index (χ0n) is 13.4. The maximum absolute atomic E-state index is 9.73. The van der Waals surface area contributed by atoms with E-state index >= 15 is 0 Å². The van der Waals surface area contributed by atoms with Crippen LogP contribution in [0.1, 0.15) is 79.7 Å². The molecule has 1 aromatic heterocycles. The van der Waals surface area contributed by atoms with E-state index in [1.165, 1.54) is 68.2 Å². The smallest absolute Gasteiger partial charge is 0.147 e. The number of anilines is 1. The first-order valence-electron chi connectivity index (χ1n) is 9.09. The molecule has 0 unspecified atom stereocenters. The molecule has 0 N–H and O–H groups in total. The molecule has 0 atom stereocenters. The van der Waals surface area contributed by atoms with E-state index in [1.54, 1.807) is 0 Å². The largest absolute Gasteiger partial charge is 0.356 e. The first-order chi connectivity index (χ1) is 10.9. The lowest BCUT2D eigenvalue weighted by molar-refractivity contribution is 0.434. The number of nitriles is 1. The molecule has 22 heavy (non-hydrogen) atoms. The number of hydrogen-bond acceptors (Lipinski definition) is 3. The van der Waals surface area contributed by atoms with Crippen molar-refractivity contribution in [2.75, 3.05) is 18.0 Å². The standard InChI is InChI=1S/C19H25N3/c20-13-17-15-9-6-10-16(15)18(14-7-2-1-3-8-14)21-19(17)22-11-4-5-12-22/h14H,1-12H2. The summed E-state index contributed by atoms with van der Waals surface area (Å²) in [6.07, 6.45) is 12.6. The number of rotatable bonds is 2. The molecule has 2 heterocycles. The van der Waals surface area contributed by atoms with Gasteiger partial charge in [-0.15, -0.1) is 0 Å². The highest BCUT2D eigenvalue weighted by molar-refractivity contribution is 5.62. The first kappa shape index (κ1) is 14.1. The van der Waals surface area contributed by atoms with Crippen molar-refractivity contribution in [1.29, 1.82) is 5.26 Å². The lowest BCUT2D eigenvalue weighted by Crippen LogP contribution is -2.23. The van der Waals surface area contributed by atoms with Gasteiger partial charge in [0.2, 0.25) is 0 Å². The lowest BCUT2D eigenvalue weighted by atomic mass is 9.84. The van der Waals surface area contributed by atoms with E-state index in [0.717, 1.165) is 37.3 Å². The Morgan fingerprint density at radius 3 is 2.36 bits per heavy atom. The van der Waals surface area contributed by atoms with Crippen molar-refractivity contribution in [3.05, 3.63) is 22.4 Å². The fourth-order valence-electron chi connectivity index (χ4n) is 4.66. The van der Waals surface area contributed by atoms with Crippen LogP contribution in [0.5, 0.6) is 0 Å². The quantitative estimate of drug-likeness (QED) is 0.825. The molecule has 0 amide bonds. The van der Waals surface area contributed by atoms with Gasteiger partial charge in [0.15, 0.2) is 0 Å². The summed E-state index contributed by atoms with van der Waals surface area (Å²) in [5.41, 5.74) is 5.06. The Hall–Kier alpha value is -1.56. The number of aromatic nitrogens is 1. The fourth-order valence-corrected chi connectivity index (χ4v) is 4.66. The van der Waals surface area contributed by atoms with Crippen LogP contribution >= 0.6 is 0 Å². The van der Waals surface area contributed by atoms with Crippen LogP contribution in [-0.4, -0.2) is 18.1 Å². The van der Waals surface area contributed by atoms with Gasteiger partial charge in [0, 0.05) is 24.7 Å². The maximum atomic E-state index is 9.73. The van der Waals surface area contributed by atoms with Crippen LogP contribution in [0.15, 0.2) is 0 Å². The van der Waals surface area contributed by atoms with E-state index in [1.807, 2.05) is 0 Å². The molecule has 0 aromatic carbocycles. The van der Waals surface area contributed by atoms with E-state index in [4.69, 9.17) is 4.98 Å². The van der Waals surface area contributed by atoms with Crippen LogP contribution in [0.25, 0.3) is 0 Å². The number of fused-ring (bicyclic) bond motifs is 1. The Morgan fingerprint density at radius 2 is 1.64 bits per heavy atom. The van der Waals surface area contributed by atoms with E-state index in [0.29, 0.717) is 5.92 Å². The van der Waals surface area contributed by atoms with Gasteiger partial charge in [0.05, 0.1) is 5.56 Å². The van der Waals surface area contributed by atoms with Crippen LogP contribution in [0, 0.1) is 11.3 Å². The van der Waals surface area contributed by atoms with Crippen LogP contribution in [0.3, 0.4) is 0 Å². The molecular formula is C19H25N3. The molecule has 0 spiro atoms. The molecular weight excluding hydrogens is 270 g/mol. The van der Waals surface area contributed by atoms with Gasteiger partial charge in [0.25, 0.3) is 0 Å². The summed E-state index contributed by atoms with van der Waals surface area (Å²) in [7, 11) is 0. The summed E-state index contributed by atoms with van der Waals surface area (Å²) < 4.78 is 0. The second-order valence-electron chi connectivity index (χ2n) is 7.15. The Balaban J connectivity index is 1.82. The molecule has 1 saturated carbocycles. The third-order valence-corrected chi connectivity index (χ3v) is 5.79. The zero-order chi connectivity index (χ0) is 14.9. The van der Waals surface area contributed by atoms with Crippen molar-refractivity contribution in [3.63, 3.8) is 0 Å². The molecule has 0 bridgehead atoms. The molecule has 1 aliphatic heterocycles. The van der Waals surface area contributed by atoms with Gasteiger partial charge >= 0.3 is 0 Å². The molecule has 1 saturated heterocycles. The van der Waals surface area contributed by atoms with Crippen molar-refractivity contribution < 1.29 is 0 Å². The van der Waals surface area contributed by atoms with Gasteiger partial charge in [-0.2, -0.15) is 5.26 Å². The topological polar surface area (TPSA) is 39.9 Å². The lowest BCUT2D eigenvalue weighted by Gasteiger charge is -2.27. The second-order valence-corrected chi connectivity index (χ2v) is 7.15. The Bertz CT molecular complexity index is 602. The highest BCUT2D eigenvalue weighted by Crippen LogP contribution is 2.40. The van der Waals surface area contributed by atoms with Crippen molar-refractivity contribution in [1.82, 2.24) is 4.98 Å². The van der Waals surface area contributed by atoms with E-state index in [-0.39, 0.29) is 0 Å². The van der Waals surface area contributed by atoms with Gasteiger partial charge < -0.3 is 4.90 Å². The molecule has 1 aromatic rings. The molecule has 116 valence electrons. The van der Waals surface area contributed by atoms with Gasteiger partial charge in [-0.05, 0) is 56.1 Å². The van der Waals surface area contributed by atoms with Gasteiger partial charge in [-0.3, -0.25) is 0 Å². The third kappa shape index (κ3) is 2.29. The van der Waals surface area contributed by atoms with Gasteiger partial charge in [-0.1, -0.05) is 19.3 Å². The second kappa shape index (κ2) is 5.91. The van der Waals surface area contributed by atoms with Gasteiger partial charge in [0.1, 0.15) is 11.9 Å². The minimum absolute atomic E-state index is 0.648. The first-order valence-corrected chi connectivity index (χ1v) is 9.09. The van der Waals surface area contributed by atoms with Crippen LogP contribution in [-0.2, 0) is 12.8 Å². The zero-order valence-corrected chi connectivity index (χ0v) is 13.4. The minimum Gasteiger partial charge on any atom is -0.356 e. The Morgan fingerprint density at radius 1 is 0.909 bits per heavy atom. The van der Waals surface area contributed by atoms with E-state index in [9.17, 15) is 5.26 Å². The van der Waals surface area contributed by atoms with Gasteiger partial charge in [-0.25, -0.2) is 4.98 Å². The normalized spacial score (nSPS) is 21.9. The average Bonchev–Trinajstić information content (AvgIpc) is 3.25. The highest BCUT2D eigenvalue weighted by atomic mass is 15.2. The average molecular weight is 295 g/mol. The third-order valence-electron chi connectivity index (χ3n) is 5.79. The molecule has 2 aliphatic carbocycles. The Labute approximate surface area is 133 Å². The number of pyridine rings is 1. The SMILES string of the molecule is N#Cc1c(N2CCCC2)nc(C2CCCCC2)c2c1CCC2. The molecule has 3 nitrogen and oxygen atoms in total. The monoisotopic (exact) mass is 295 g/mol. The maximum Gasteiger partial charge on any atom is 0.147 e. The summed E-state index contributed by atoms with van der Waals surface area (Å²) in [5.74, 6) is 1.66. The molecule has 2 fully saturated rings. The van der Waals surface area contributed by atoms with E-state index < -0.39 is 0 Å². The fraction of sp³-hybridized carbons (Fsp3) is 0.684. The molecule has 3 aliphatic rings. The number of hydrogen-bond donors (Lipinski definition) is 0. The summed E-state index contributed by atoms with van der Waals surface area (Å²) in [4.78, 5) is 7.49. The summed E-state index contributed by atoms with van der Waals surface area (Å²) in [5, 5.41) is 9.73. The van der Waals surface area contributed by atoms with Crippen LogP contribution < -0.4 is 4.90 Å². The van der Waals surface area contributed by atoms with Crippen molar-refractivity contribution >= 4 is 5.82 Å². The summed E-state index contributed by atoms with van der Waals surface area (Å²) >= 11 is 0. The molecule has 3 heteroatoms.